The zero-order valence-electron chi connectivity index (χ0n) is 12.9. The molecule has 0 radical (unpaired) electrons. The van der Waals surface area contributed by atoms with E-state index in [9.17, 15) is 4.79 Å². The molecular formula is C17H21ClN2OS. The summed E-state index contributed by atoms with van der Waals surface area (Å²) in [5.41, 5.74) is 1.13. The molecule has 1 heterocycles. The second-order valence-electron chi connectivity index (χ2n) is 5.43. The number of likely N-dealkylation sites (N-methyl/N-ethyl adjacent to an activating group) is 1. The van der Waals surface area contributed by atoms with Gasteiger partial charge in [0.1, 0.15) is 0 Å². The Balaban J connectivity index is 1.80. The number of benzene rings is 1. The fraction of sp³-hybridized carbons (Fsp3) is 0.353. The molecule has 5 heteroatoms. The van der Waals surface area contributed by atoms with E-state index in [0.717, 1.165) is 17.0 Å². The molecule has 0 bridgehead atoms. The van der Waals surface area contributed by atoms with Crippen molar-refractivity contribution < 1.29 is 4.79 Å². The average molecular weight is 337 g/mol. The van der Waals surface area contributed by atoms with Gasteiger partial charge in [0.2, 0.25) is 5.91 Å². The summed E-state index contributed by atoms with van der Waals surface area (Å²) < 4.78 is 0. The zero-order chi connectivity index (χ0) is 15.9. The topological polar surface area (TPSA) is 32.3 Å². The van der Waals surface area contributed by atoms with Gasteiger partial charge in [-0.3, -0.25) is 4.79 Å². The molecule has 0 aliphatic heterocycles. The normalized spacial score (nSPS) is 12.4. The van der Waals surface area contributed by atoms with Gasteiger partial charge in [0.25, 0.3) is 0 Å². The molecule has 2 aromatic rings. The zero-order valence-corrected chi connectivity index (χ0v) is 14.5. The van der Waals surface area contributed by atoms with E-state index >= 15 is 0 Å². The average Bonchev–Trinajstić information content (AvgIpc) is 3.00. The fourth-order valence-electron chi connectivity index (χ4n) is 2.23. The summed E-state index contributed by atoms with van der Waals surface area (Å²) in [6.45, 7) is 0.632. The van der Waals surface area contributed by atoms with Gasteiger partial charge in [-0.15, -0.1) is 11.3 Å². The Kier molecular flexibility index (Phi) is 6.43. The molecule has 0 saturated carbocycles. The van der Waals surface area contributed by atoms with Gasteiger partial charge < -0.3 is 10.2 Å². The predicted molar refractivity (Wildman–Crippen MR) is 93.5 cm³/mol. The van der Waals surface area contributed by atoms with Crippen molar-refractivity contribution in [2.24, 2.45) is 0 Å². The van der Waals surface area contributed by atoms with Crippen molar-refractivity contribution in [3.8, 4) is 0 Å². The van der Waals surface area contributed by atoms with Crippen LogP contribution >= 0.6 is 22.9 Å². The van der Waals surface area contributed by atoms with Crippen LogP contribution in [0.2, 0.25) is 5.02 Å². The number of aryl methyl sites for hydroxylation is 1. The monoisotopic (exact) mass is 336 g/mol. The molecule has 22 heavy (non-hydrogen) atoms. The third-order valence-electron chi connectivity index (χ3n) is 3.54. The maximum Gasteiger partial charge on any atom is 0.220 e. The summed E-state index contributed by atoms with van der Waals surface area (Å²) in [5, 5.41) is 5.82. The number of hydrogen-bond acceptors (Lipinski definition) is 3. The van der Waals surface area contributed by atoms with E-state index in [1.807, 2.05) is 44.4 Å². The molecule has 2 rings (SSSR count). The second-order valence-corrected chi connectivity index (χ2v) is 6.84. The van der Waals surface area contributed by atoms with Gasteiger partial charge in [-0.2, -0.15) is 0 Å². The Labute approximate surface area is 140 Å². The minimum atomic E-state index is 0.0818. The lowest BCUT2D eigenvalue weighted by Gasteiger charge is -2.23. The van der Waals surface area contributed by atoms with Crippen LogP contribution < -0.4 is 5.32 Å². The highest BCUT2D eigenvalue weighted by atomic mass is 35.5. The van der Waals surface area contributed by atoms with Crippen molar-refractivity contribution in [3.63, 3.8) is 0 Å². The molecule has 0 aliphatic carbocycles. The summed E-state index contributed by atoms with van der Waals surface area (Å²) >= 11 is 7.57. The van der Waals surface area contributed by atoms with Crippen LogP contribution in [0.4, 0.5) is 0 Å². The number of amides is 1. The Hall–Kier alpha value is -1.36. The van der Waals surface area contributed by atoms with E-state index in [-0.39, 0.29) is 11.9 Å². The van der Waals surface area contributed by atoms with E-state index < -0.39 is 0 Å². The van der Waals surface area contributed by atoms with Crippen LogP contribution in [0.25, 0.3) is 0 Å². The molecule has 118 valence electrons. The maximum absolute atomic E-state index is 12.0. The number of carbonyl (C=O) groups is 1. The Morgan fingerprint density at radius 1 is 1.27 bits per heavy atom. The summed E-state index contributed by atoms with van der Waals surface area (Å²) in [5.74, 6) is 0.0818. The summed E-state index contributed by atoms with van der Waals surface area (Å²) in [7, 11) is 4.06. The van der Waals surface area contributed by atoms with Crippen LogP contribution in [0.15, 0.2) is 41.8 Å². The first-order valence-corrected chi connectivity index (χ1v) is 8.53. The Morgan fingerprint density at radius 2 is 2.00 bits per heavy atom. The molecule has 0 saturated heterocycles. The third-order valence-corrected chi connectivity index (χ3v) is 4.77. The largest absolute Gasteiger partial charge is 0.354 e. The van der Waals surface area contributed by atoms with Crippen molar-refractivity contribution in [1.29, 1.82) is 0 Å². The highest BCUT2D eigenvalue weighted by Crippen LogP contribution is 2.22. The van der Waals surface area contributed by atoms with Gasteiger partial charge in [0.05, 0.1) is 6.04 Å². The van der Waals surface area contributed by atoms with E-state index in [0.29, 0.717) is 13.0 Å². The number of halogens is 1. The molecule has 0 spiro atoms. The molecule has 1 unspecified atom stereocenters. The predicted octanol–water partition coefficient (Wildman–Crippen LogP) is 3.75. The molecule has 3 nitrogen and oxygen atoms in total. The van der Waals surface area contributed by atoms with Crippen LogP contribution in [0.3, 0.4) is 0 Å². The number of nitrogens with zero attached hydrogens (tertiary/aromatic N) is 1. The van der Waals surface area contributed by atoms with Crippen LogP contribution in [0, 0.1) is 0 Å². The summed E-state index contributed by atoms with van der Waals surface area (Å²) in [4.78, 5) is 15.4. The van der Waals surface area contributed by atoms with Crippen LogP contribution in [-0.4, -0.2) is 31.4 Å². The summed E-state index contributed by atoms with van der Waals surface area (Å²) in [6, 6.07) is 12.0. The standard InChI is InChI=1S/C17H21ClN2OS/c1-20(2)15(16-4-3-11-22-16)12-19-17(21)10-7-13-5-8-14(18)9-6-13/h3-6,8-9,11,15H,7,10,12H2,1-2H3,(H,19,21). The number of nitrogens with one attached hydrogen (secondary N) is 1. The summed E-state index contributed by atoms with van der Waals surface area (Å²) in [6.07, 6.45) is 1.22. The molecule has 1 aromatic heterocycles. The van der Waals surface area contributed by atoms with E-state index in [1.54, 1.807) is 11.3 Å². The van der Waals surface area contributed by atoms with Crippen LogP contribution in [0.5, 0.6) is 0 Å². The van der Waals surface area contributed by atoms with Crippen molar-refractivity contribution in [3.05, 3.63) is 57.2 Å². The van der Waals surface area contributed by atoms with Crippen molar-refractivity contribution in [2.75, 3.05) is 20.6 Å². The van der Waals surface area contributed by atoms with Gasteiger partial charge in [-0.25, -0.2) is 0 Å². The maximum atomic E-state index is 12.0. The lowest BCUT2D eigenvalue weighted by atomic mass is 10.1. The lowest BCUT2D eigenvalue weighted by molar-refractivity contribution is -0.121. The molecule has 0 fully saturated rings. The molecule has 1 amide bonds. The van der Waals surface area contributed by atoms with Gasteiger partial charge in [-0.05, 0) is 49.7 Å². The van der Waals surface area contributed by atoms with E-state index in [2.05, 4.69) is 21.7 Å². The first-order chi connectivity index (χ1) is 10.6. The first kappa shape index (κ1) is 17.0. The molecule has 1 aromatic carbocycles. The van der Waals surface area contributed by atoms with Gasteiger partial charge in [0.15, 0.2) is 0 Å². The molecule has 1 N–H and O–H groups in total. The van der Waals surface area contributed by atoms with Gasteiger partial charge in [0, 0.05) is 22.9 Å². The second kappa shape index (κ2) is 8.32. The number of carbonyl (C=O) groups excluding carboxylic acids is 1. The lowest BCUT2D eigenvalue weighted by Crippen LogP contribution is -2.34. The number of rotatable bonds is 7. The van der Waals surface area contributed by atoms with Crippen molar-refractivity contribution >= 4 is 28.8 Å². The fourth-order valence-corrected chi connectivity index (χ4v) is 3.27. The quantitative estimate of drug-likeness (QED) is 0.835. The van der Waals surface area contributed by atoms with Gasteiger partial charge >= 0.3 is 0 Å². The Bertz CT molecular complexity index is 581. The van der Waals surface area contributed by atoms with Crippen molar-refractivity contribution in [1.82, 2.24) is 10.2 Å². The van der Waals surface area contributed by atoms with Crippen molar-refractivity contribution in [2.45, 2.75) is 18.9 Å². The van der Waals surface area contributed by atoms with Crippen LogP contribution in [-0.2, 0) is 11.2 Å². The molecular weight excluding hydrogens is 316 g/mol. The van der Waals surface area contributed by atoms with E-state index in [1.165, 1.54) is 4.88 Å². The minimum absolute atomic E-state index is 0.0818. The van der Waals surface area contributed by atoms with Crippen LogP contribution in [0.1, 0.15) is 22.9 Å². The Morgan fingerprint density at radius 3 is 2.59 bits per heavy atom. The van der Waals surface area contributed by atoms with E-state index in [4.69, 9.17) is 11.6 Å². The highest BCUT2D eigenvalue weighted by Gasteiger charge is 2.16. The SMILES string of the molecule is CN(C)C(CNC(=O)CCc1ccc(Cl)cc1)c1cccs1. The highest BCUT2D eigenvalue weighted by molar-refractivity contribution is 7.10. The first-order valence-electron chi connectivity index (χ1n) is 7.27. The van der Waals surface area contributed by atoms with Gasteiger partial charge in [-0.1, -0.05) is 29.8 Å². The number of thiophene rings is 1. The molecule has 1 atom stereocenters. The smallest absolute Gasteiger partial charge is 0.220 e. The minimum Gasteiger partial charge on any atom is -0.354 e. The third kappa shape index (κ3) is 5.13. The molecule has 0 aliphatic rings. The number of hydrogen-bond donors (Lipinski definition) is 1.